The summed E-state index contributed by atoms with van der Waals surface area (Å²) in [5.41, 5.74) is 4.13. The van der Waals surface area contributed by atoms with Crippen molar-refractivity contribution in [1.82, 2.24) is 0 Å². The molecule has 29 heavy (non-hydrogen) atoms. The average Bonchev–Trinajstić information content (AvgIpc) is 2.76. The van der Waals surface area contributed by atoms with Gasteiger partial charge in [0.1, 0.15) is 5.82 Å². The van der Waals surface area contributed by atoms with Crippen molar-refractivity contribution in [2.24, 2.45) is 5.92 Å². The van der Waals surface area contributed by atoms with E-state index >= 15 is 0 Å². The lowest BCUT2D eigenvalue weighted by Gasteiger charge is -2.30. The van der Waals surface area contributed by atoms with Crippen molar-refractivity contribution in [1.29, 1.82) is 0 Å². The Balaban J connectivity index is 1.70. The number of hydrogen-bond donors (Lipinski definition) is 0. The zero-order valence-corrected chi connectivity index (χ0v) is 17.8. The van der Waals surface area contributed by atoms with Crippen molar-refractivity contribution in [2.45, 2.75) is 70.8 Å². The highest BCUT2D eigenvalue weighted by Crippen LogP contribution is 2.41. The van der Waals surface area contributed by atoms with Gasteiger partial charge in [-0.25, -0.2) is 4.39 Å². The molecule has 2 aromatic carbocycles. The van der Waals surface area contributed by atoms with Crippen LogP contribution < -0.4 is 0 Å². The monoisotopic (exact) mass is 394 g/mol. The normalized spacial score (nSPS) is 19.2. The van der Waals surface area contributed by atoms with Gasteiger partial charge in [-0.2, -0.15) is 0 Å². The molecule has 2 heteroatoms. The van der Waals surface area contributed by atoms with Crippen LogP contribution in [0.1, 0.15) is 75.3 Å². The topological polar surface area (TPSA) is 9.23 Å². The molecule has 1 aliphatic rings. The molecule has 0 aliphatic heterocycles. The van der Waals surface area contributed by atoms with Crippen LogP contribution in [0.3, 0.4) is 0 Å². The van der Waals surface area contributed by atoms with Gasteiger partial charge in [0.2, 0.25) is 0 Å². The van der Waals surface area contributed by atoms with E-state index in [-0.39, 0.29) is 12.4 Å². The highest BCUT2D eigenvalue weighted by molar-refractivity contribution is 5.68. The lowest BCUT2D eigenvalue weighted by molar-refractivity contribution is 0.146. The minimum Gasteiger partial charge on any atom is -0.373 e. The SMILES string of the molecule is C=CCOCc1ccc(-c2ccccc2C2CCC(CCCCC)CC2)cc1F. The molecule has 0 spiro atoms. The molecular formula is C27H35FO. The molecule has 0 atom stereocenters. The van der Waals surface area contributed by atoms with Crippen molar-refractivity contribution in [3.8, 4) is 11.1 Å². The summed E-state index contributed by atoms with van der Waals surface area (Å²) in [6.07, 6.45) is 12.3. The fourth-order valence-electron chi connectivity index (χ4n) is 4.65. The molecule has 1 nitrogen and oxygen atoms in total. The summed E-state index contributed by atoms with van der Waals surface area (Å²) < 4.78 is 20.0. The van der Waals surface area contributed by atoms with Gasteiger partial charge in [-0.1, -0.05) is 75.1 Å². The predicted octanol–water partition coefficient (Wildman–Crippen LogP) is 8.05. The lowest BCUT2D eigenvalue weighted by Crippen LogP contribution is -2.14. The van der Waals surface area contributed by atoms with Gasteiger partial charge in [0.15, 0.2) is 0 Å². The molecule has 0 unspecified atom stereocenters. The minimum absolute atomic E-state index is 0.194. The second kappa shape index (κ2) is 11.3. The molecule has 3 rings (SSSR count). The summed E-state index contributed by atoms with van der Waals surface area (Å²) in [4.78, 5) is 0. The number of halogens is 1. The second-order valence-electron chi connectivity index (χ2n) is 8.41. The highest BCUT2D eigenvalue weighted by Gasteiger charge is 2.24. The van der Waals surface area contributed by atoms with Crippen LogP contribution in [0.2, 0.25) is 0 Å². The molecule has 156 valence electrons. The van der Waals surface area contributed by atoms with Crippen LogP contribution in [0.15, 0.2) is 55.1 Å². The van der Waals surface area contributed by atoms with Crippen molar-refractivity contribution >= 4 is 0 Å². The van der Waals surface area contributed by atoms with Gasteiger partial charge < -0.3 is 4.74 Å². The van der Waals surface area contributed by atoms with Crippen LogP contribution in [-0.2, 0) is 11.3 Å². The van der Waals surface area contributed by atoms with E-state index in [0.29, 0.717) is 18.1 Å². The Morgan fingerprint density at radius 1 is 1.07 bits per heavy atom. The zero-order valence-electron chi connectivity index (χ0n) is 17.8. The maximum atomic E-state index is 14.6. The predicted molar refractivity (Wildman–Crippen MR) is 121 cm³/mol. The zero-order chi connectivity index (χ0) is 20.5. The van der Waals surface area contributed by atoms with E-state index in [4.69, 9.17) is 4.74 Å². The molecule has 0 heterocycles. The van der Waals surface area contributed by atoms with Crippen LogP contribution in [0.25, 0.3) is 11.1 Å². The molecule has 2 aromatic rings. The van der Waals surface area contributed by atoms with Gasteiger partial charge in [0.05, 0.1) is 13.2 Å². The van der Waals surface area contributed by atoms with Gasteiger partial charge in [-0.05, 0) is 60.3 Å². The van der Waals surface area contributed by atoms with E-state index in [0.717, 1.165) is 11.5 Å². The summed E-state index contributed by atoms with van der Waals surface area (Å²) in [6, 6.07) is 14.1. The largest absolute Gasteiger partial charge is 0.373 e. The number of hydrogen-bond acceptors (Lipinski definition) is 1. The highest BCUT2D eigenvalue weighted by atomic mass is 19.1. The van der Waals surface area contributed by atoms with Gasteiger partial charge >= 0.3 is 0 Å². The maximum absolute atomic E-state index is 14.6. The van der Waals surface area contributed by atoms with E-state index in [1.807, 2.05) is 12.1 Å². The Labute approximate surface area is 176 Å². The number of rotatable bonds is 10. The average molecular weight is 395 g/mol. The van der Waals surface area contributed by atoms with E-state index < -0.39 is 0 Å². The minimum atomic E-state index is -0.194. The molecule has 0 bridgehead atoms. The van der Waals surface area contributed by atoms with Crippen molar-refractivity contribution in [3.05, 3.63) is 72.1 Å². The standard InChI is InChI=1S/C27H35FO/c1-3-5-6-9-21-12-14-22(15-13-21)25-10-7-8-11-26(25)23-16-17-24(27(28)19-23)20-29-18-4-2/h4,7-8,10-11,16-17,19,21-22H,2-3,5-6,9,12-15,18,20H2,1H3. The Hall–Kier alpha value is -1.93. The number of ether oxygens (including phenoxy) is 1. The summed E-state index contributed by atoms with van der Waals surface area (Å²) in [5.74, 6) is 1.30. The molecule has 1 fully saturated rings. The van der Waals surface area contributed by atoms with Crippen molar-refractivity contribution < 1.29 is 9.13 Å². The first kappa shape index (κ1) is 21.8. The Kier molecular flexibility index (Phi) is 8.49. The fraction of sp³-hybridized carbons (Fsp3) is 0.481. The summed E-state index contributed by atoms with van der Waals surface area (Å²) in [5, 5.41) is 0. The van der Waals surface area contributed by atoms with Crippen LogP contribution >= 0.6 is 0 Å². The van der Waals surface area contributed by atoms with Crippen LogP contribution in [-0.4, -0.2) is 6.61 Å². The van der Waals surface area contributed by atoms with Crippen molar-refractivity contribution in [3.63, 3.8) is 0 Å². The maximum Gasteiger partial charge on any atom is 0.129 e. The first-order valence-corrected chi connectivity index (χ1v) is 11.3. The Morgan fingerprint density at radius 2 is 1.86 bits per heavy atom. The van der Waals surface area contributed by atoms with Crippen LogP contribution in [0, 0.1) is 11.7 Å². The molecule has 0 N–H and O–H groups in total. The smallest absolute Gasteiger partial charge is 0.129 e. The van der Waals surface area contributed by atoms with Gasteiger partial charge in [-0.15, -0.1) is 6.58 Å². The second-order valence-corrected chi connectivity index (χ2v) is 8.41. The molecule has 1 saturated carbocycles. The first-order chi connectivity index (χ1) is 14.2. The number of unbranched alkanes of at least 4 members (excludes halogenated alkanes) is 2. The van der Waals surface area contributed by atoms with E-state index in [9.17, 15) is 4.39 Å². The van der Waals surface area contributed by atoms with Gasteiger partial charge in [-0.3, -0.25) is 0 Å². The van der Waals surface area contributed by atoms with E-state index in [2.05, 4.69) is 37.8 Å². The molecule has 0 radical (unpaired) electrons. The third-order valence-corrected chi connectivity index (χ3v) is 6.32. The Morgan fingerprint density at radius 3 is 2.59 bits per heavy atom. The van der Waals surface area contributed by atoms with Gasteiger partial charge in [0.25, 0.3) is 0 Å². The van der Waals surface area contributed by atoms with E-state index in [1.165, 1.54) is 62.5 Å². The molecule has 0 saturated heterocycles. The fourth-order valence-corrected chi connectivity index (χ4v) is 4.65. The Bertz CT molecular complexity index is 774. The molecule has 1 aliphatic carbocycles. The summed E-state index contributed by atoms with van der Waals surface area (Å²) in [7, 11) is 0. The molecule has 0 aromatic heterocycles. The van der Waals surface area contributed by atoms with Crippen LogP contribution in [0.4, 0.5) is 4.39 Å². The molecular weight excluding hydrogens is 359 g/mol. The lowest BCUT2D eigenvalue weighted by atomic mass is 9.75. The quantitative estimate of drug-likeness (QED) is 0.292. The number of benzene rings is 2. The van der Waals surface area contributed by atoms with Gasteiger partial charge in [0, 0.05) is 5.56 Å². The van der Waals surface area contributed by atoms with Crippen molar-refractivity contribution in [2.75, 3.05) is 6.61 Å². The van der Waals surface area contributed by atoms with E-state index in [1.54, 1.807) is 12.1 Å². The third-order valence-electron chi connectivity index (χ3n) is 6.32. The first-order valence-electron chi connectivity index (χ1n) is 11.3. The van der Waals surface area contributed by atoms with Crippen LogP contribution in [0.5, 0.6) is 0 Å². The summed E-state index contributed by atoms with van der Waals surface area (Å²) >= 11 is 0. The summed E-state index contributed by atoms with van der Waals surface area (Å²) in [6.45, 7) is 6.62. The molecule has 0 amide bonds. The third kappa shape index (κ3) is 6.02.